The van der Waals surface area contributed by atoms with E-state index in [0.717, 1.165) is 36.5 Å². The third-order valence-electron chi connectivity index (χ3n) is 5.44. The van der Waals surface area contributed by atoms with E-state index in [2.05, 4.69) is 29.4 Å². The quantitative estimate of drug-likeness (QED) is 0.503. The number of likely N-dealkylation sites (tertiary alicyclic amines) is 1. The highest BCUT2D eigenvalue weighted by Crippen LogP contribution is 2.33. The van der Waals surface area contributed by atoms with Crippen molar-refractivity contribution in [3.05, 3.63) is 83.1 Å². The monoisotopic (exact) mass is 402 g/mol. The van der Waals surface area contributed by atoms with Gasteiger partial charge in [-0.2, -0.15) is 5.10 Å². The number of hydrogen-bond acceptors (Lipinski definition) is 4. The van der Waals surface area contributed by atoms with Gasteiger partial charge < -0.3 is 4.90 Å². The third-order valence-corrected chi connectivity index (χ3v) is 6.63. The number of carbonyl (C=O) groups excluding carboxylic acids is 1. The highest BCUT2D eigenvalue weighted by Gasteiger charge is 2.28. The third kappa shape index (κ3) is 3.80. The van der Waals surface area contributed by atoms with Crippen molar-refractivity contribution in [1.29, 1.82) is 0 Å². The maximum atomic E-state index is 13.1. The minimum atomic E-state index is 0.0649. The van der Waals surface area contributed by atoms with Gasteiger partial charge in [-0.25, -0.2) is 4.98 Å². The molecular formula is C23H22N4OS. The van der Waals surface area contributed by atoms with Crippen LogP contribution in [-0.2, 0) is 6.54 Å². The number of benzene rings is 2. The number of amides is 1. The van der Waals surface area contributed by atoms with E-state index in [1.807, 2.05) is 46.1 Å². The second kappa shape index (κ2) is 7.79. The molecule has 146 valence electrons. The molecule has 1 fully saturated rings. The van der Waals surface area contributed by atoms with Crippen LogP contribution in [0.25, 0.3) is 10.2 Å². The molecule has 0 N–H and O–H groups in total. The van der Waals surface area contributed by atoms with Gasteiger partial charge in [0.2, 0.25) is 0 Å². The van der Waals surface area contributed by atoms with E-state index in [4.69, 9.17) is 4.98 Å². The summed E-state index contributed by atoms with van der Waals surface area (Å²) in [5, 5.41) is 5.53. The lowest BCUT2D eigenvalue weighted by Gasteiger charge is -2.31. The summed E-state index contributed by atoms with van der Waals surface area (Å²) in [6.07, 6.45) is 5.63. The molecule has 6 heteroatoms. The smallest absolute Gasteiger partial charge is 0.257 e. The molecule has 5 rings (SSSR count). The summed E-state index contributed by atoms with van der Waals surface area (Å²) in [5.41, 5.74) is 2.88. The van der Waals surface area contributed by atoms with Crippen LogP contribution in [0.5, 0.6) is 0 Å². The molecule has 4 aromatic rings. The van der Waals surface area contributed by atoms with Crippen molar-refractivity contribution in [2.75, 3.05) is 13.1 Å². The van der Waals surface area contributed by atoms with Crippen LogP contribution in [-0.4, -0.2) is 38.7 Å². The molecule has 3 heterocycles. The van der Waals surface area contributed by atoms with Gasteiger partial charge in [-0.3, -0.25) is 9.48 Å². The first-order valence-electron chi connectivity index (χ1n) is 9.97. The topological polar surface area (TPSA) is 51.0 Å². The standard InChI is InChI=1S/C23H22N4OS/c28-23(19-13-24-27(16-19)14-17-7-2-1-3-8-17)26-12-6-9-18(15-26)22-25-20-10-4-5-11-21(20)29-22/h1-5,7-8,10-11,13,16,18H,6,9,12,14-15H2/t18-/m1/s1. The number of piperidine rings is 1. The number of fused-ring (bicyclic) bond motifs is 1. The summed E-state index contributed by atoms with van der Waals surface area (Å²) < 4.78 is 3.05. The predicted octanol–water partition coefficient (Wildman–Crippen LogP) is 4.56. The van der Waals surface area contributed by atoms with Gasteiger partial charge in [0.1, 0.15) is 0 Å². The lowest BCUT2D eigenvalue weighted by Crippen LogP contribution is -2.39. The van der Waals surface area contributed by atoms with Gasteiger partial charge in [-0.05, 0) is 30.5 Å². The molecule has 29 heavy (non-hydrogen) atoms. The highest BCUT2D eigenvalue weighted by molar-refractivity contribution is 7.18. The van der Waals surface area contributed by atoms with Gasteiger partial charge in [-0.15, -0.1) is 11.3 Å². The van der Waals surface area contributed by atoms with Crippen LogP contribution < -0.4 is 0 Å². The summed E-state index contributed by atoms with van der Waals surface area (Å²) in [6.45, 7) is 2.19. The zero-order valence-corrected chi connectivity index (χ0v) is 16.9. The van der Waals surface area contributed by atoms with E-state index >= 15 is 0 Å². The molecule has 0 radical (unpaired) electrons. The highest BCUT2D eigenvalue weighted by atomic mass is 32.1. The molecule has 0 spiro atoms. The Morgan fingerprint density at radius 1 is 1.10 bits per heavy atom. The Bertz CT molecular complexity index is 1100. The Hall–Kier alpha value is -2.99. The van der Waals surface area contributed by atoms with Crippen LogP contribution in [0.4, 0.5) is 0 Å². The van der Waals surface area contributed by atoms with Gasteiger partial charge in [-0.1, -0.05) is 42.5 Å². The number of para-hydroxylation sites is 1. The summed E-state index contributed by atoms with van der Waals surface area (Å²) in [6, 6.07) is 18.4. The van der Waals surface area contributed by atoms with E-state index in [1.165, 1.54) is 10.3 Å². The number of carbonyl (C=O) groups is 1. The fourth-order valence-electron chi connectivity index (χ4n) is 3.94. The van der Waals surface area contributed by atoms with Gasteiger partial charge in [0.15, 0.2) is 0 Å². The van der Waals surface area contributed by atoms with Gasteiger partial charge in [0.05, 0.1) is 33.5 Å². The minimum Gasteiger partial charge on any atom is -0.338 e. The van der Waals surface area contributed by atoms with E-state index in [-0.39, 0.29) is 5.91 Å². The molecule has 0 saturated carbocycles. The fraction of sp³-hybridized carbons (Fsp3) is 0.261. The first-order valence-corrected chi connectivity index (χ1v) is 10.8. The Kier molecular flexibility index (Phi) is 4.86. The van der Waals surface area contributed by atoms with Crippen molar-refractivity contribution in [2.24, 2.45) is 0 Å². The summed E-state index contributed by atoms with van der Waals surface area (Å²) in [5.74, 6) is 0.375. The van der Waals surface area contributed by atoms with Crippen molar-refractivity contribution in [1.82, 2.24) is 19.7 Å². The lowest BCUT2D eigenvalue weighted by atomic mass is 9.98. The predicted molar refractivity (Wildman–Crippen MR) is 115 cm³/mol. The maximum absolute atomic E-state index is 13.1. The van der Waals surface area contributed by atoms with Crippen molar-refractivity contribution in [2.45, 2.75) is 25.3 Å². The molecule has 0 bridgehead atoms. The van der Waals surface area contributed by atoms with E-state index < -0.39 is 0 Å². The Balaban J connectivity index is 1.30. The normalized spacial score (nSPS) is 17.0. The average Bonchev–Trinajstić information content (AvgIpc) is 3.41. The van der Waals surface area contributed by atoms with Crippen molar-refractivity contribution in [3.8, 4) is 0 Å². The second-order valence-corrected chi connectivity index (χ2v) is 8.58. The number of nitrogens with zero attached hydrogens (tertiary/aromatic N) is 4. The van der Waals surface area contributed by atoms with E-state index in [1.54, 1.807) is 17.5 Å². The van der Waals surface area contributed by atoms with Gasteiger partial charge in [0.25, 0.3) is 5.91 Å². The van der Waals surface area contributed by atoms with E-state index in [0.29, 0.717) is 18.0 Å². The molecule has 1 aliphatic rings. The maximum Gasteiger partial charge on any atom is 0.257 e. The van der Waals surface area contributed by atoms with Gasteiger partial charge >= 0.3 is 0 Å². The molecular weight excluding hydrogens is 380 g/mol. The average molecular weight is 403 g/mol. The Morgan fingerprint density at radius 3 is 2.79 bits per heavy atom. The van der Waals surface area contributed by atoms with Crippen LogP contribution in [0.15, 0.2) is 67.0 Å². The lowest BCUT2D eigenvalue weighted by molar-refractivity contribution is 0.0707. The molecule has 1 saturated heterocycles. The van der Waals surface area contributed by atoms with Crippen LogP contribution in [0, 0.1) is 0 Å². The van der Waals surface area contributed by atoms with Crippen LogP contribution in [0.3, 0.4) is 0 Å². The molecule has 1 atom stereocenters. The van der Waals surface area contributed by atoms with Crippen molar-refractivity contribution >= 4 is 27.5 Å². The zero-order valence-electron chi connectivity index (χ0n) is 16.1. The first-order chi connectivity index (χ1) is 14.3. The van der Waals surface area contributed by atoms with E-state index in [9.17, 15) is 4.79 Å². The molecule has 0 aliphatic carbocycles. The number of thiazole rings is 1. The largest absolute Gasteiger partial charge is 0.338 e. The number of aromatic nitrogens is 3. The fourth-order valence-corrected chi connectivity index (χ4v) is 5.03. The van der Waals surface area contributed by atoms with Crippen LogP contribution in [0.1, 0.15) is 39.7 Å². The molecule has 5 nitrogen and oxygen atoms in total. The SMILES string of the molecule is O=C(c1cnn(Cc2ccccc2)c1)N1CCC[C@@H](c2nc3ccccc3s2)C1. The zero-order chi connectivity index (χ0) is 19.6. The van der Waals surface area contributed by atoms with Crippen LogP contribution in [0.2, 0.25) is 0 Å². The van der Waals surface area contributed by atoms with Crippen molar-refractivity contribution in [3.63, 3.8) is 0 Å². The summed E-state index contributed by atoms with van der Waals surface area (Å²) in [4.78, 5) is 19.9. The Morgan fingerprint density at radius 2 is 1.93 bits per heavy atom. The van der Waals surface area contributed by atoms with Gasteiger partial charge in [0, 0.05) is 25.2 Å². The minimum absolute atomic E-state index is 0.0649. The summed E-state index contributed by atoms with van der Waals surface area (Å²) in [7, 11) is 0. The molecule has 2 aromatic carbocycles. The molecule has 1 aliphatic heterocycles. The van der Waals surface area contributed by atoms with Crippen LogP contribution >= 0.6 is 11.3 Å². The summed E-state index contributed by atoms with van der Waals surface area (Å²) >= 11 is 1.75. The first kappa shape index (κ1) is 18.1. The Labute approximate surface area is 173 Å². The van der Waals surface area contributed by atoms with Crippen molar-refractivity contribution < 1.29 is 4.79 Å². The number of rotatable bonds is 4. The molecule has 2 aromatic heterocycles. The molecule has 1 amide bonds. The number of hydrogen-bond donors (Lipinski definition) is 0. The molecule has 0 unspecified atom stereocenters. The second-order valence-electron chi connectivity index (χ2n) is 7.52.